The zero-order chi connectivity index (χ0) is 17.6. The van der Waals surface area contributed by atoms with Crippen molar-refractivity contribution >= 4 is 22.8 Å². The lowest BCUT2D eigenvalue weighted by atomic mass is 9.94. The first-order valence-electron chi connectivity index (χ1n) is 8.68. The third kappa shape index (κ3) is 2.47. The number of aromatic amines is 1. The number of H-pyrrole nitrogens is 1. The van der Waals surface area contributed by atoms with Crippen LogP contribution in [0.5, 0.6) is 5.75 Å². The monoisotopic (exact) mass is 342 g/mol. The molecule has 1 saturated heterocycles. The van der Waals surface area contributed by atoms with Crippen molar-refractivity contribution in [3.8, 4) is 5.75 Å². The largest absolute Gasteiger partial charge is 0.496 e. The van der Waals surface area contributed by atoms with E-state index in [0.29, 0.717) is 18.2 Å². The lowest BCUT2D eigenvalue weighted by Crippen LogP contribution is -2.44. The van der Waals surface area contributed by atoms with Crippen LogP contribution >= 0.6 is 0 Å². The Balaban J connectivity index is 1.69. The van der Waals surface area contributed by atoms with Crippen molar-refractivity contribution in [3.05, 3.63) is 30.0 Å². The predicted molar refractivity (Wildman–Crippen MR) is 92.5 cm³/mol. The van der Waals surface area contributed by atoms with Crippen molar-refractivity contribution in [2.45, 2.75) is 25.3 Å². The van der Waals surface area contributed by atoms with E-state index in [1.54, 1.807) is 18.1 Å². The van der Waals surface area contributed by atoms with Gasteiger partial charge in [-0.15, -0.1) is 0 Å². The molecule has 0 spiro atoms. The highest BCUT2D eigenvalue weighted by atomic mass is 16.5. The summed E-state index contributed by atoms with van der Waals surface area (Å²) in [4.78, 5) is 30.3. The molecule has 1 N–H and O–H groups in total. The average Bonchev–Trinajstić information content (AvgIpc) is 3.32. The third-order valence-electron chi connectivity index (χ3n) is 5.67. The number of hydrogen-bond donors (Lipinski definition) is 1. The molecule has 2 aromatic rings. The summed E-state index contributed by atoms with van der Waals surface area (Å²) >= 11 is 0. The second-order valence-corrected chi connectivity index (χ2v) is 6.88. The Morgan fingerprint density at radius 2 is 2.08 bits per heavy atom. The fourth-order valence-corrected chi connectivity index (χ4v) is 4.51. The Bertz CT molecular complexity index is 828. The highest BCUT2D eigenvalue weighted by Gasteiger charge is 2.50. The number of nitrogens with zero attached hydrogens (tertiary/aromatic N) is 1. The van der Waals surface area contributed by atoms with Crippen molar-refractivity contribution in [1.82, 2.24) is 9.88 Å². The molecule has 1 amide bonds. The van der Waals surface area contributed by atoms with Gasteiger partial charge in [-0.05, 0) is 42.9 Å². The second-order valence-electron chi connectivity index (χ2n) is 6.88. The van der Waals surface area contributed by atoms with Gasteiger partial charge in [0.15, 0.2) is 0 Å². The van der Waals surface area contributed by atoms with Crippen LogP contribution in [0.25, 0.3) is 10.9 Å². The molecule has 6 nitrogen and oxygen atoms in total. The summed E-state index contributed by atoms with van der Waals surface area (Å²) in [5.41, 5.74) is 1.32. The number of hydrogen-bond acceptors (Lipinski definition) is 4. The van der Waals surface area contributed by atoms with Crippen LogP contribution in [0.4, 0.5) is 0 Å². The van der Waals surface area contributed by atoms with Crippen LogP contribution in [-0.2, 0) is 9.53 Å². The van der Waals surface area contributed by atoms with Crippen molar-refractivity contribution < 1.29 is 19.1 Å². The number of benzene rings is 1. The van der Waals surface area contributed by atoms with E-state index in [1.165, 1.54) is 7.11 Å². The SMILES string of the molecule is COC(=O)C1C2CCCC2CN1C(=O)c1cc2c(OC)cccc2[nH]1. The molecule has 4 rings (SSSR count). The number of rotatable bonds is 3. The molecule has 2 heterocycles. The maximum absolute atomic E-state index is 13.1. The molecule has 0 bridgehead atoms. The van der Waals surface area contributed by atoms with Gasteiger partial charge in [0.2, 0.25) is 0 Å². The molecule has 1 aliphatic heterocycles. The van der Waals surface area contributed by atoms with E-state index in [9.17, 15) is 9.59 Å². The molecular weight excluding hydrogens is 320 g/mol. The van der Waals surface area contributed by atoms with Crippen LogP contribution in [0, 0.1) is 11.8 Å². The van der Waals surface area contributed by atoms with Crippen LogP contribution in [0.2, 0.25) is 0 Å². The van der Waals surface area contributed by atoms with E-state index >= 15 is 0 Å². The zero-order valence-corrected chi connectivity index (χ0v) is 14.5. The van der Waals surface area contributed by atoms with E-state index in [1.807, 2.05) is 18.2 Å². The first-order chi connectivity index (χ1) is 12.1. The summed E-state index contributed by atoms with van der Waals surface area (Å²) in [6.07, 6.45) is 3.17. The van der Waals surface area contributed by atoms with Crippen molar-refractivity contribution in [3.63, 3.8) is 0 Å². The predicted octanol–water partition coefficient (Wildman–Crippen LogP) is 2.59. The first kappa shape index (κ1) is 16.0. The number of aromatic nitrogens is 1. The molecule has 3 atom stereocenters. The Labute approximate surface area is 146 Å². The lowest BCUT2D eigenvalue weighted by Gasteiger charge is -2.25. The van der Waals surface area contributed by atoms with Crippen LogP contribution in [0.1, 0.15) is 29.8 Å². The summed E-state index contributed by atoms with van der Waals surface area (Å²) in [6.45, 7) is 0.621. The Kier molecular flexibility index (Phi) is 3.90. The van der Waals surface area contributed by atoms with E-state index in [-0.39, 0.29) is 17.8 Å². The summed E-state index contributed by atoms with van der Waals surface area (Å²) in [5, 5.41) is 0.863. The Hall–Kier alpha value is -2.50. The molecule has 1 saturated carbocycles. The van der Waals surface area contributed by atoms with Crippen LogP contribution in [-0.4, -0.2) is 48.6 Å². The number of fused-ring (bicyclic) bond motifs is 2. The van der Waals surface area contributed by atoms with Crippen LogP contribution < -0.4 is 4.74 Å². The molecule has 1 aromatic carbocycles. The topological polar surface area (TPSA) is 71.6 Å². The van der Waals surface area contributed by atoms with Crippen LogP contribution in [0.3, 0.4) is 0 Å². The zero-order valence-electron chi connectivity index (χ0n) is 14.5. The fourth-order valence-electron chi connectivity index (χ4n) is 4.51. The molecule has 1 aliphatic carbocycles. The molecule has 6 heteroatoms. The molecule has 25 heavy (non-hydrogen) atoms. The van der Waals surface area contributed by atoms with Crippen molar-refractivity contribution in [2.24, 2.45) is 11.8 Å². The van der Waals surface area contributed by atoms with Gasteiger partial charge in [-0.3, -0.25) is 4.79 Å². The van der Waals surface area contributed by atoms with Gasteiger partial charge < -0.3 is 19.4 Å². The summed E-state index contributed by atoms with van der Waals surface area (Å²) in [6, 6.07) is 6.98. The number of amides is 1. The van der Waals surface area contributed by atoms with E-state index in [2.05, 4.69) is 4.98 Å². The number of carbonyl (C=O) groups excluding carboxylic acids is 2. The molecule has 2 fully saturated rings. The third-order valence-corrected chi connectivity index (χ3v) is 5.67. The number of esters is 1. The fraction of sp³-hybridized carbons (Fsp3) is 0.474. The Morgan fingerprint density at radius 1 is 1.24 bits per heavy atom. The van der Waals surface area contributed by atoms with Crippen LogP contribution in [0.15, 0.2) is 24.3 Å². The van der Waals surface area contributed by atoms with Gasteiger partial charge in [-0.25, -0.2) is 4.79 Å². The number of carbonyl (C=O) groups is 2. The molecule has 0 radical (unpaired) electrons. The lowest BCUT2D eigenvalue weighted by molar-refractivity contribution is -0.146. The van der Waals surface area contributed by atoms with Gasteiger partial charge in [0.25, 0.3) is 5.91 Å². The van der Waals surface area contributed by atoms with E-state index in [0.717, 1.165) is 35.9 Å². The molecule has 3 unspecified atom stereocenters. The van der Waals surface area contributed by atoms with Gasteiger partial charge in [-0.1, -0.05) is 12.5 Å². The van der Waals surface area contributed by atoms with E-state index in [4.69, 9.17) is 9.47 Å². The van der Waals surface area contributed by atoms with Crippen molar-refractivity contribution in [2.75, 3.05) is 20.8 Å². The summed E-state index contributed by atoms with van der Waals surface area (Å²) in [7, 11) is 3.00. The molecule has 2 aliphatic rings. The minimum Gasteiger partial charge on any atom is -0.496 e. The number of nitrogens with one attached hydrogen (secondary N) is 1. The van der Waals surface area contributed by atoms with E-state index < -0.39 is 6.04 Å². The molecule has 1 aromatic heterocycles. The van der Waals surface area contributed by atoms with Gasteiger partial charge in [0, 0.05) is 17.4 Å². The van der Waals surface area contributed by atoms with Gasteiger partial charge in [0.1, 0.15) is 17.5 Å². The minimum absolute atomic E-state index is 0.150. The standard InChI is InChI=1S/C19H22N2O4/c1-24-16-8-4-7-14-13(16)9-15(20-14)18(22)21-10-11-5-3-6-12(11)17(21)19(23)25-2/h4,7-9,11-12,17,20H,3,5-6,10H2,1-2H3. The van der Waals surface area contributed by atoms with Crippen molar-refractivity contribution in [1.29, 1.82) is 0 Å². The summed E-state index contributed by atoms with van der Waals surface area (Å²) in [5.74, 6) is 0.873. The minimum atomic E-state index is -0.474. The maximum atomic E-state index is 13.1. The van der Waals surface area contributed by atoms with Gasteiger partial charge in [0.05, 0.1) is 14.2 Å². The smallest absolute Gasteiger partial charge is 0.328 e. The molecular formula is C19H22N2O4. The Morgan fingerprint density at radius 3 is 2.84 bits per heavy atom. The van der Waals surface area contributed by atoms with Gasteiger partial charge in [-0.2, -0.15) is 0 Å². The normalized spacial score (nSPS) is 25.2. The summed E-state index contributed by atoms with van der Waals surface area (Å²) < 4.78 is 10.4. The highest BCUT2D eigenvalue weighted by molar-refractivity contribution is 6.01. The first-order valence-corrected chi connectivity index (χ1v) is 8.68. The quantitative estimate of drug-likeness (QED) is 0.870. The number of methoxy groups -OCH3 is 2. The average molecular weight is 342 g/mol. The number of ether oxygens (including phenoxy) is 2. The van der Waals surface area contributed by atoms with Gasteiger partial charge >= 0.3 is 5.97 Å². The maximum Gasteiger partial charge on any atom is 0.328 e. The highest BCUT2D eigenvalue weighted by Crippen LogP contribution is 2.43. The number of likely N-dealkylation sites (tertiary alicyclic amines) is 1. The molecule has 132 valence electrons. The second kappa shape index (κ2) is 6.10.